The summed E-state index contributed by atoms with van der Waals surface area (Å²) < 4.78 is 41.0. The Morgan fingerprint density at radius 3 is 2.47 bits per heavy atom. The molecule has 0 atom stereocenters. The maximum atomic E-state index is 13.8. The number of unbranched alkanes of at least 4 members (excludes halogenated alkanes) is 1. The summed E-state index contributed by atoms with van der Waals surface area (Å²) in [6.45, 7) is 2.82. The van der Waals surface area contributed by atoms with Gasteiger partial charge in [0, 0.05) is 36.5 Å². The number of piperidine rings is 1. The van der Waals surface area contributed by atoms with Gasteiger partial charge in [0.05, 0.1) is 10.6 Å². The van der Waals surface area contributed by atoms with Crippen LogP contribution < -0.4 is 0 Å². The molecular formula is C22H26ClFN2O3S. The van der Waals surface area contributed by atoms with Crippen molar-refractivity contribution >= 4 is 27.3 Å². The second kappa shape index (κ2) is 10.4. The Bertz CT molecular complexity index is 984. The number of hydrogen-bond donors (Lipinski definition) is 0. The lowest BCUT2D eigenvalue weighted by Crippen LogP contribution is -2.38. The summed E-state index contributed by atoms with van der Waals surface area (Å²) in [5.74, 6) is -0.440. The lowest BCUT2D eigenvalue weighted by Gasteiger charge is -2.26. The average molecular weight is 453 g/mol. The van der Waals surface area contributed by atoms with E-state index in [1.165, 1.54) is 10.4 Å². The number of nitrogens with zero attached hydrogens (tertiary/aromatic N) is 2. The van der Waals surface area contributed by atoms with Crippen molar-refractivity contribution in [3.63, 3.8) is 0 Å². The van der Waals surface area contributed by atoms with Gasteiger partial charge in [-0.3, -0.25) is 0 Å². The van der Waals surface area contributed by atoms with Gasteiger partial charge in [0.2, 0.25) is 10.0 Å². The van der Waals surface area contributed by atoms with E-state index in [2.05, 4.69) is 12.1 Å². The third kappa shape index (κ3) is 5.80. The Morgan fingerprint density at radius 1 is 1.13 bits per heavy atom. The summed E-state index contributed by atoms with van der Waals surface area (Å²) >= 11 is 5.73. The molecule has 30 heavy (non-hydrogen) atoms. The molecule has 1 heterocycles. The molecule has 0 aromatic heterocycles. The maximum Gasteiger partial charge on any atom is 0.243 e. The molecule has 1 saturated heterocycles. The number of rotatable bonds is 8. The first-order valence-corrected chi connectivity index (χ1v) is 11.9. The first-order valence-electron chi connectivity index (χ1n) is 10.1. The van der Waals surface area contributed by atoms with Crippen LogP contribution in [0.3, 0.4) is 0 Å². The maximum absolute atomic E-state index is 13.8. The Hall–Kier alpha value is -1.96. The minimum Gasteiger partial charge on any atom is -0.391 e. The van der Waals surface area contributed by atoms with Crippen molar-refractivity contribution < 1.29 is 17.6 Å². The fourth-order valence-corrected chi connectivity index (χ4v) is 4.87. The molecule has 3 rings (SSSR count). The number of sulfonamides is 1. The summed E-state index contributed by atoms with van der Waals surface area (Å²) in [6.07, 6.45) is 4.12. The molecule has 162 valence electrons. The van der Waals surface area contributed by atoms with Crippen LogP contribution in [0.15, 0.2) is 52.5 Å². The van der Waals surface area contributed by atoms with Gasteiger partial charge in [-0.15, -0.1) is 0 Å². The van der Waals surface area contributed by atoms with Gasteiger partial charge < -0.3 is 4.84 Å². The van der Waals surface area contributed by atoms with Crippen molar-refractivity contribution in [2.45, 2.75) is 50.5 Å². The van der Waals surface area contributed by atoms with E-state index in [-0.39, 0.29) is 6.61 Å². The molecule has 0 spiro atoms. The molecule has 1 aliphatic heterocycles. The third-order valence-corrected chi connectivity index (χ3v) is 7.26. The topological polar surface area (TPSA) is 59.0 Å². The highest BCUT2D eigenvalue weighted by Gasteiger charge is 2.28. The van der Waals surface area contributed by atoms with Gasteiger partial charge >= 0.3 is 0 Å². The van der Waals surface area contributed by atoms with Crippen LogP contribution in [0.5, 0.6) is 0 Å². The molecule has 1 aliphatic rings. The predicted molar refractivity (Wildman–Crippen MR) is 117 cm³/mol. The molecule has 0 saturated carbocycles. The van der Waals surface area contributed by atoms with E-state index in [0.29, 0.717) is 41.4 Å². The molecule has 0 aliphatic carbocycles. The molecule has 2 aromatic rings. The standard InChI is InChI=1S/C22H26ClFN2O3S/c1-2-3-4-17-5-9-21(10-6-17)30(27,28)26-13-11-20(12-14-26)25-29-16-18-7-8-19(23)15-22(18)24/h5-10,15H,2-4,11-14,16H2,1H3. The van der Waals surface area contributed by atoms with E-state index in [9.17, 15) is 12.8 Å². The Morgan fingerprint density at radius 2 is 1.83 bits per heavy atom. The molecular weight excluding hydrogens is 427 g/mol. The smallest absolute Gasteiger partial charge is 0.243 e. The average Bonchev–Trinajstić information content (AvgIpc) is 2.74. The van der Waals surface area contributed by atoms with E-state index in [1.807, 2.05) is 12.1 Å². The fourth-order valence-electron chi connectivity index (χ4n) is 3.27. The number of benzene rings is 2. The highest BCUT2D eigenvalue weighted by atomic mass is 35.5. The van der Waals surface area contributed by atoms with Crippen LogP contribution in [0.25, 0.3) is 0 Å². The quantitative estimate of drug-likeness (QED) is 0.518. The largest absolute Gasteiger partial charge is 0.391 e. The monoisotopic (exact) mass is 452 g/mol. The van der Waals surface area contributed by atoms with Gasteiger partial charge in [0.25, 0.3) is 0 Å². The zero-order valence-corrected chi connectivity index (χ0v) is 18.6. The summed E-state index contributed by atoms with van der Waals surface area (Å²) in [5, 5.41) is 4.39. The fraction of sp³-hybridized carbons (Fsp3) is 0.409. The second-order valence-corrected chi connectivity index (χ2v) is 9.69. The van der Waals surface area contributed by atoms with Gasteiger partial charge in [-0.05, 0) is 42.7 Å². The van der Waals surface area contributed by atoms with Crippen LogP contribution in [-0.4, -0.2) is 31.5 Å². The third-order valence-electron chi connectivity index (χ3n) is 5.11. The van der Waals surface area contributed by atoms with Crippen LogP contribution in [0.1, 0.15) is 43.7 Å². The van der Waals surface area contributed by atoms with E-state index in [0.717, 1.165) is 30.5 Å². The minimum absolute atomic E-state index is 0.00110. The summed E-state index contributed by atoms with van der Waals surface area (Å²) in [5.41, 5.74) is 2.29. The first kappa shape index (κ1) is 22.7. The van der Waals surface area contributed by atoms with Crippen molar-refractivity contribution in [3.8, 4) is 0 Å². The van der Waals surface area contributed by atoms with Crippen LogP contribution in [0, 0.1) is 5.82 Å². The second-order valence-electron chi connectivity index (χ2n) is 7.32. The number of oxime groups is 1. The van der Waals surface area contributed by atoms with Gasteiger partial charge in [0.15, 0.2) is 0 Å². The molecule has 0 N–H and O–H groups in total. The van der Waals surface area contributed by atoms with E-state index in [4.69, 9.17) is 16.4 Å². The lowest BCUT2D eigenvalue weighted by atomic mass is 10.1. The Labute approximate surface area is 182 Å². The number of halogens is 2. The van der Waals surface area contributed by atoms with Crippen molar-refractivity contribution in [2.75, 3.05) is 13.1 Å². The molecule has 0 radical (unpaired) electrons. The van der Waals surface area contributed by atoms with E-state index < -0.39 is 15.8 Å². The van der Waals surface area contributed by atoms with Crippen LogP contribution in [0.4, 0.5) is 4.39 Å². The minimum atomic E-state index is -3.52. The molecule has 8 heteroatoms. The summed E-state index contributed by atoms with van der Waals surface area (Å²) in [7, 11) is -3.52. The molecule has 2 aromatic carbocycles. The lowest BCUT2D eigenvalue weighted by molar-refractivity contribution is 0.125. The molecule has 0 amide bonds. The SMILES string of the molecule is CCCCc1ccc(S(=O)(=O)N2CCC(=NOCc3ccc(Cl)cc3F)CC2)cc1. The zero-order valence-electron chi connectivity index (χ0n) is 17.0. The van der Waals surface area contributed by atoms with Crippen molar-refractivity contribution in [1.82, 2.24) is 4.31 Å². The highest BCUT2D eigenvalue weighted by molar-refractivity contribution is 7.89. The summed E-state index contributed by atoms with van der Waals surface area (Å²) in [6, 6.07) is 11.5. The normalized spacial score (nSPS) is 15.2. The van der Waals surface area contributed by atoms with Gasteiger partial charge in [-0.25, -0.2) is 12.8 Å². The van der Waals surface area contributed by atoms with Crippen molar-refractivity contribution in [2.24, 2.45) is 5.16 Å². The van der Waals surface area contributed by atoms with Crippen molar-refractivity contribution in [3.05, 3.63) is 64.4 Å². The van der Waals surface area contributed by atoms with Crippen LogP contribution in [0.2, 0.25) is 5.02 Å². The zero-order chi connectivity index (χ0) is 21.6. The summed E-state index contributed by atoms with van der Waals surface area (Å²) in [4.78, 5) is 5.58. The molecule has 0 unspecified atom stereocenters. The highest BCUT2D eigenvalue weighted by Crippen LogP contribution is 2.21. The first-order chi connectivity index (χ1) is 14.4. The Balaban J connectivity index is 1.54. The number of hydrogen-bond acceptors (Lipinski definition) is 4. The van der Waals surface area contributed by atoms with Crippen LogP contribution >= 0.6 is 11.6 Å². The van der Waals surface area contributed by atoms with Crippen LogP contribution in [-0.2, 0) is 27.9 Å². The van der Waals surface area contributed by atoms with Gasteiger partial charge in [-0.2, -0.15) is 4.31 Å². The van der Waals surface area contributed by atoms with Gasteiger partial charge in [-0.1, -0.05) is 48.3 Å². The van der Waals surface area contributed by atoms with Crippen molar-refractivity contribution in [1.29, 1.82) is 0 Å². The molecule has 5 nitrogen and oxygen atoms in total. The van der Waals surface area contributed by atoms with E-state index in [1.54, 1.807) is 24.3 Å². The predicted octanol–water partition coefficient (Wildman–Crippen LogP) is 5.18. The molecule has 0 bridgehead atoms. The molecule has 1 fully saturated rings. The number of aryl methyl sites for hydroxylation is 1. The van der Waals surface area contributed by atoms with Gasteiger partial charge in [0.1, 0.15) is 12.4 Å². The van der Waals surface area contributed by atoms with E-state index >= 15 is 0 Å². The Kier molecular flexibility index (Phi) is 7.86.